The van der Waals surface area contributed by atoms with E-state index >= 15 is 0 Å². The Morgan fingerprint density at radius 3 is 2.80 bits per heavy atom. The number of rotatable bonds is 1. The van der Waals surface area contributed by atoms with Crippen LogP contribution in [-0.2, 0) is 4.74 Å². The molecule has 3 N–H and O–H groups in total. The molecule has 2 fully saturated rings. The minimum Gasteiger partial charge on any atom is -0.374 e. The van der Waals surface area contributed by atoms with Crippen LogP contribution in [0.4, 0.5) is 0 Å². The number of hydrogen-bond donors (Lipinski definition) is 2. The summed E-state index contributed by atoms with van der Waals surface area (Å²) in [7, 11) is 0. The summed E-state index contributed by atoms with van der Waals surface area (Å²) in [5.41, 5.74) is 5.99. The van der Waals surface area contributed by atoms with Crippen molar-refractivity contribution in [3.8, 4) is 0 Å². The van der Waals surface area contributed by atoms with E-state index in [0.29, 0.717) is 0 Å². The van der Waals surface area contributed by atoms with Crippen molar-refractivity contribution >= 4 is 0 Å². The third-order valence-electron chi connectivity index (χ3n) is 2.40. The summed E-state index contributed by atoms with van der Waals surface area (Å²) in [6, 6.07) is 0. The van der Waals surface area contributed by atoms with E-state index in [9.17, 15) is 0 Å². The van der Waals surface area contributed by atoms with E-state index in [1.165, 1.54) is 0 Å². The first kappa shape index (κ1) is 6.58. The highest BCUT2D eigenvalue weighted by atomic mass is 16.5. The molecule has 1 heterocycles. The molecule has 1 atom stereocenters. The van der Waals surface area contributed by atoms with E-state index in [1.54, 1.807) is 0 Å². The van der Waals surface area contributed by atoms with Gasteiger partial charge in [0, 0.05) is 18.6 Å². The Bertz CT molecular complexity index is 128. The number of nitrogens with one attached hydrogen (secondary N) is 1. The summed E-state index contributed by atoms with van der Waals surface area (Å²) in [6.45, 7) is 2.74. The van der Waals surface area contributed by atoms with Gasteiger partial charge in [0.05, 0.1) is 12.7 Å². The predicted octanol–water partition coefficient (Wildman–Crippen LogP) is -0.534. The van der Waals surface area contributed by atoms with Crippen LogP contribution in [0, 0.1) is 0 Å². The van der Waals surface area contributed by atoms with Gasteiger partial charge in [-0.3, -0.25) is 0 Å². The fourth-order valence-corrected chi connectivity index (χ4v) is 1.40. The Balaban J connectivity index is 1.91. The first-order chi connectivity index (χ1) is 4.81. The standard InChI is InChI=1S/C7H14N2O/c8-7(1-2-7)6-5-9-3-4-10-6/h6,9H,1-5,8H2. The van der Waals surface area contributed by atoms with E-state index in [2.05, 4.69) is 5.32 Å². The minimum absolute atomic E-state index is 0.0351. The van der Waals surface area contributed by atoms with Gasteiger partial charge in [0.2, 0.25) is 0 Å². The Labute approximate surface area is 60.9 Å². The van der Waals surface area contributed by atoms with Crippen molar-refractivity contribution in [2.75, 3.05) is 19.7 Å². The maximum absolute atomic E-state index is 5.96. The zero-order chi connectivity index (χ0) is 7.03. The number of morpholine rings is 1. The molecule has 10 heavy (non-hydrogen) atoms. The molecule has 1 saturated heterocycles. The zero-order valence-electron chi connectivity index (χ0n) is 6.10. The number of ether oxygens (including phenoxy) is 1. The van der Waals surface area contributed by atoms with Gasteiger partial charge in [0.1, 0.15) is 0 Å². The lowest BCUT2D eigenvalue weighted by atomic mass is 10.1. The van der Waals surface area contributed by atoms with Crippen molar-refractivity contribution < 1.29 is 4.74 Å². The second-order valence-electron chi connectivity index (χ2n) is 3.30. The average molecular weight is 142 g/mol. The molecule has 0 aromatic heterocycles. The van der Waals surface area contributed by atoms with Crippen LogP contribution in [0.2, 0.25) is 0 Å². The van der Waals surface area contributed by atoms with Gasteiger partial charge in [0.15, 0.2) is 0 Å². The van der Waals surface area contributed by atoms with Gasteiger partial charge in [-0.2, -0.15) is 0 Å². The van der Waals surface area contributed by atoms with Crippen LogP contribution >= 0.6 is 0 Å². The summed E-state index contributed by atoms with van der Waals surface area (Å²) in [6.07, 6.45) is 2.56. The molecule has 0 radical (unpaired) electrons. The van der Waals surface area contributed by atoms with Gasteiger partial charge in [-0.1, -0.05) is 0 Å². The molecule has 1 unspecified atom stereocenters. The zero-order valence-corrected chi connectivity index (χ0v) is 6.10. The molecule has 1 aliphatic carbocycles. The first-order valence-corrected chi connectivity index (χ1v) is 3.92. The highest BCUT2D eigenvalue weighted by molar-refractivity contribution is 5.06. The fourth-order valence-electron chi connectivity index (χ4n) is 1.40. The Morgan fingerprint density at radius 2 is 2.30 bits per heavy atom. The summed E-state index contributed by atoms with van der Waals surface area (Å²) in [5.74, 6) is 0. The van der Waals surface area contributed by atoms with Crippen molar-refractivity contribution in [1.82, 2.24) is 5.32 Å². The second kappa shape index (κ2) is 2.19. The van der Waals surface area contributed by atoms with Crippen LogP contribution in [0.5, 0.6) is 0 Å². The molecule has 3 heteroatoms. The molecule has 1 saturated carbocycles. The summed E-state index contributed by atoms with van der Waals surface area (Å²) < 4.78 is 5.52. The van der Waals surface area contributed by atoms with Gasteiger partial charge < -0.3 is 15.8 Å². The lowest BCUT2D eigenvalue weighted by molar-refractivity contribution is 0.00620. The van der Waals surface area contributed by atoms with Crippen molar-refractivity contribution in [2.45, 2.75) is 24.5 Å². The molecule has 0 bridgehead atoms. The molecule has 0 aromatic rings. The molecule has 3 nitrogen and oxygen atoms in total. The Kier molecular flexibility index (Phi) is 1.44. The van der Waals surface area contributed by atoms with E-state index < -0.39 is 0 Å². The Morgan fingerprint density at radius 1 is 1.50 bits per heavy atom. The molecule has 0 amide bonds. The molecule has 0 aromatic carbocycles. The maximum Gasteiger partial charge on any atom is 0.0879 e. The lowest BCUT2D eigenvalue weighted by Crippen LogP contribution is -2.50. The van der Waals surface area contributed by atoms with Crippen molar-refractivity contribution in [3.63, 3.8) is 0 Å². The van der Waals surface area contributed by atoms with Gasteiger partial charge in [-0.15, -0.1) is 0 Å². The molecule has 2 rings (SSSR count). The number of nitrogens with two attached hydrogens (primary N) is 1. The molecule has 0 spiro atoms. The van der Waals surface area contributed by atoms with Crippen LogP contribution in [0.3, 0.4) is 0 Å². The van der Waals surface area contributed by atoms with Crippen LogP contribution in [0.1, 0.15) is 12.8 Å². The molecular weight excluding hydrogens is 128 g/mol. The van der Waals surface area contributed by atoms with Gasteiger partial charge in [-0.05, 0) is 12.8 Å². The SMILES string of the molecule is NC1(C2CNCCO2)CC1. The van der Waals surface area contributed by atoms with Gasteiger partial charge >= 0.3 is 0 Å². The van der Waals surface area contributed by atoms with Gasteiger partial charge in [-0.25, -0.2) is 0 Å². The summed E-state index contributed by atoms with van der Waals surface area (Å²) >= 11 is 0. The predicted molar refractivity (Wildman–Crippen MR) is 38.8 cm³/mol. The molecular formula is C7H14N2O. The smallest absolute Gasteiger partial charge is 0.0879 e. The summed E-state index contributed by atoms with van der Waals surface area (Å²) in [4.78, 5) is 0. The van der Waals surface area contributed by atoms with Gasteiger partial charge in [0.25, 0.3) is 0 Å². The third kappa shape index (κ3) is 1.05. The highest BCUT2D eigenvalue weighted by Crippen LogP contribution is 2.37. The van der Waals surface area contributed by atoms with Crippen LogP contribution < -0.4 is 11.1 Å². The topological polar surface area (TPSA) is 47.3 Å². The van der Waals surface area contributed by atoms with Crippen LogP contribution in [0.15, 0.2) is 0 Å². The van der Waals surface area contributed by atoms with Crippen molar-refractivity contribution in [3.05, 3.63) is 0 Å². The van der Waals surface area contributed by atoms with E-state index in [0.717, 1.165) is 32.5 Å². The first-order valence-electron chi connectivity index (χ1n) is 3.92. The summed E-state index contributed by atoms with van der Waals surface area (Å²) in [5, 5.41) is 3.28. The molecule has 2 aliphatic rings. The average Bonchev–Trinajstić information content (AvgIpc) is 2.72. The van der Waals surface area contributed by atoms with Crippen LogP contribution in [0.25, 0.3) is 0 Å². The van der Waals surface area contributed by atoms with Crippen molar-refractivity contribution in [1.29, 1.82) is 0 Å². The van der Waals surface area contributed by atoms with Crippen LogP contribution in [-0.4, -0.2) is 31.3 Å². The minimum atomic E-state index is 0.0351. The Hall–Kier alpha value is -0.120. The monoisotopic (exact) mass is 142 g/mol. The largest absolute Gasteiger partial charge is 0.374 e. The highest BCUT2D eigenvalue weighted by Gasteiger charge is 2.46. The number of hydrogen-bond acceptors (Lipinski definition) is 3. The van der Waals surface area contributed by atoms with E-state index in [1.807, 2.05) is 0 Å². The van der Waals surface area contributed by atoms with Crippen molar-refractivity contribution in [2.24, 2.45) is 5.73 Å². The third-order valence-corrected chi connectivity index (χ3v) is 2.40. The lowest BCUT2D eigenvalue weighted by Gasteiger charge is -2.28. The van der Waals surface area contributed by atoms with E-state index in [4.69, 9.17) is 10.5 Å². The maximum atomic E-state index is 5.96. The quantitative estimate of drug-likeness (QED) is 0.517. The molecule has 58 valence electrons. The fraction of sp³-hybridized carbons (Fsp3) is 1.00. The normalized spacial score (nSPS) is 37.5. The van der Waals surface area contributed by atoms with E-state index in [-0.39, 0.29) is 11.6 Å². The molecule has 1 aliphatic heterocycles. The second-order valence-corrected chi connectivity index (χ2v) is 3.30.